The zero-order valence-corrected chi connectivity index (χ0v) is 16.2. The van der Waals surface area contributed by atoms with Crippen molar-refractivity contribution < 1.29 is 14.4 Å². The average Bonchev–Trinajstić information content (AvgIpc) is 3.18. The molecule has 0 saturated carbocycles. The molecule has 0 aliphatic rings. The monoisotopic (exact) mass is 405 g/mol. The van der Waals surface area contributed by atoms with Crippen LogP contribution < -0.4 is 5.32 Å². The second kappa shape index (κ2) is 10.3. The molecule has 0 bridgehead atoms. The molecule has 10 heteroatoms. The molecule has 3 rings (SSSR count). The van der Waals surface area contributed by atoms with Crippen molar-refractivity contribution in [2.24, 2.45) is 12.2 Å². The third kappa shape index (κ3) is 5.87. The van der Waals surface area contributed by atoms with Gasteiger partial charge < -0.3 is 9.57 Å². The minimum Gasteiger partial charge on any atom is -0.448 e. The van der Waals surface area contributed by atoms with Crippen LogP contribution in [0.25, 0.3) is 11.4 Å². The Balaban J connectivity index is 1.49. The topological polar surface area (TPSA) is 116 Å². The number of rotatable bonds is 8. The number of oxime groups is 1. The van der Waals surface area contributed by atoms with Crippen LogP contribution in [0.5, 0.6) is 0 Å². The van der Waals surface area contributed by atoms with E-state index in [-0.39, 0.29) is 13.2 Å². The number of tetrazole rings is 1. The zero-order chi connectivity index (χ0) is 21.2. The summed E-state index contributed by atoms with van der Waals surface area (Å²) in [6.07, 6.45) is 6.43. The molecule has 1 N–H and O–H groups in total. The number of hydrogen-bond acceptors (Lipinski definition) is 8. The lowest BCUT2D eigenvalue weighted by Gasteiger charge is -2.06. The highest BCUT2D eigenvalue weighted by atomic mass is 16.6. The van der Waals surface area contributed by atoms with Gasteiger partial charge in [0.05, 0.1) is 11.9 Å². The van der Waals surface area contributed by atoms with Crippen LogP contribution in [-0.2, 0) is 23.2 Å². The first-order chi connectivity index (χ1) is 14.7. The van der Waals surface area contributed by atoms with Crippen molar-refractivity contribution in [1.82, 2.24) is 25.2 Å². The summed E-state index contributed by atoms with van der Waals surface area (Å²) in [4.78, 5) is 21.2. The van der Waals surface area contributed by atoms with E-state index in [1.54, 1.807) is 36.1 Å². The number of nitrogens with zero attached hydrogens (tertiary/aromatic N) is 6. The first kappa shape index (κ1) is 20.5. The number of terminal acetylenes is 1. The number of amides is 1. The predicted molar refractivity (Wildman–Crippen MR) is 109 cm³/mol. The van der Waals surface area contributed by atoms with Crippen molar-refractivity contribution in [2.75, 3.05) is 11.9 Å². The van der Waals surface area contributed by atoms with Crippen LogP contribution in [0.1, 0.15) is 17.7 Å². The quantitative estimate of drug-likeness (QED) is 0.265. The number of carbonyl (C=O) groups is 1. The van der Waals surface area contributed by atoms with Crippen LogP contribution >= 0.6 is 0 Å². The SMILES string of the molecule is C#CCCOC(=O)Nc1cccc(CO/N=C/c2ccc(-c3nnnn3C)cc2)n1. The van der Waals surface area contributed by atoms with Crippen LogP contribution in [0.4, 0.5) is 10.6 Å². The van der Waals surface area contributed by atoms with Crippen LogP contribution in [0, 0.1) is 12.3 Å². The van der Waals surface area contributed by atoms with Crippen LogP contribution in [0.15, 0.2) is 47.6 Å². The molecule has 0 radical (unpaired) electrons. The Hall–Kier alpha value is -4.26. The van der Waals surface area contributed by atoms with Gasteiger partial charge in [0.25, 0.3) is 0 Å². The van der Waals surface area contributed by atoms with E-state index in [4.69, 9.17) is 16.0 Å². The summed E-state index contributed by atoms with van der Waals surface area (Å²) in [6.45, 7) is 0.289. The summed E-state index contributed by atoms with van der Waals surface area (Å²) in [5, 5.41) is 17.9. The number of nitrogens with one attached hydrogen (secondary N) is 1. The van der Waals surface area contributed by atoms with Gasteiger partial charge in [-0.1, -0.05) is 35.5 Å². The number of pyridine rings is 1. The fourth-order valence-corrected chi connectivity index (χ4v) is 2.37. The maximum absolute atomic E-state index is 11.6. The van der Waals surface area contributed by atoms with E-state index in [2.05, 4.69) is 36.9 Å². The summed E-state index contributed by atoms with van der Waals surface area (Å²) < 4.78 is 6.51. The van der Waals surface area contributed by atoms with Gasteiger partial charge in [-0.3, -0.25) is 5.32 Å². The molecule has 1 amide bonds. The number of aromatic nitrogens is 5. The first-order valence-corrected chi connectivity index (χ1v) is 8.97. The van der Waals surface area contributed by atoms with Gasteiger partial charge in [-0.05, 0) is 28.1 Å². The maximum atomic E-state index is 11.6. The molecule has 0 aliphatic carbocycles. The molecule has 0 unspecified atom stereocenters. The number of anilines is 1. The molecular formula is C20H19N7O3. The third-order valence-electron chi connectivity index (χ3n) is 3.79. The molecule has 3 aromatic rings. The van der Waals surface area contributed by atoms with Gasteiger partial charge in [0.1, 0.15) is 12.4 Å². The van der Waals surface area contributed by atoms with Crippen LogP contribution in [0.2, 0.25) is 0 Å². The first-order valence-electron chi connectivity index (χ1n) is 8.97. The predicted octanol–water partition coefficient (Wildman–Crippen LogP) is 2.39. The van der Waals surface area contributed by atoms with E-state index in [9.17, 15) is 4.79 Å². The minimum atomic E-state index is -0.616. The Morgan fingerprint density at radius 2 is 2.13 bits per heavy atom. The Labute approximate surface area is 172 Å². The molecule has 2 aromatic heterocycles. The molecule has 30 heavy (non-hydrogen) atoms. The number of ether oxygens (including phenoxy) is 1. The second-order valence-corrected chi connectivity index (χ2v) is 5.99. The molecule has 10 nitrogen and oxygen atoms in total. The molecule has 2 heterocycles. The van der Waals surface area contributed by atoms with Gasteiger partial charge in [0.2, 0.25) is 0 Å². The highest BCUT2D eigenvalue weighted by Crippen LogP contribution is 2.15. The second-order valence-electron chi connectivity index (χ2n) is 5.99. The summed E-state index contributed by atoms with van der Waals surface area (Å²) in [6, 6.07) is 12.7. The Kier molecular flexibility index (Phi) is 7.05. The minimum absolute atomic E-state index is 0.140. The zero-order valence-electron chi connectivity index (χ0n) is 16.2. The van der Waals surface area contributed by atoms with Gasteiger partial charge in [0.15, 0.2) is 12.4 Å². The largest absolute Gasteiger partial charge is 0.448 e. The van der Waals surface area contributed by atoms with E-state index in [1.807, 2.05) is 24.3 Å². The molecule has 0 spiro atoms. The molecule has 1 aromatic carbocycles. The molecule has 0 aliphatic heterocycles. The highest BCUT2D eigenvalue weighted by molar-refractivity contribution is 5.83. The fraction of sp³-hybridized carbons (Fsp3) is 0.200. The molecule has 0 atom stereocenters. The van der Waals surface area contributed by atoms with Gasteiger partial charge in [-0.2, -0.15) is 0 Å². The van der Waals surface area contributed by atoms with E-state index in [1.165, 1.54) is 0 Å². The van der Waals surface area contributed by atoms with E-state index < -0.39 is 6.09 Å². The summed E-state index contributed by atoms with van der Waals surface area (Å²) >= 11 is 0. The Morgan fingerprint density at radius 3 is 2.87 bits per heavy atom. The summed E-state index contributed by atoms with van der Waals surface area (Å²) in [5.41, 5.74) is 2.34. The third-order valence-corrected chi connectivity index (χ3v) is 3.79. The van der Waals surface area contributed by atoms with Crippen molar-refractivity contribution in [1.29, 1.82) is 0 Å². The van der Waals surface area contributed by atoms with Crippen LogP contribution in [-0.4, -0.2) is 44.1 Å². The standard InChI is InChI=1S/C20H19N7O3/c1-3-4-12-29-20(28)23-18-7-5-6-17(22-18)14-30-21-13-15-8-10-16(11-9-15)19-24-25-26-27(19)2/h1,5-11,13H,4,12,14H2,2H3,(H,22,23,28)/b21-13+. The van der Waals surface area contributed by atoms with Crippen molar-refractivity contribution in [2.45, 2.75) is 13.0 Å². The molecular weight excluding hydrogens is 386 g/mol. The Morgan fingerprint density at radius 1 is 1.30 bits per heavy atom. The molecule has 152 valence electrons. The molecule has 0 fully saturated rings. The van der Waals surface area contributed by atoms with Gasteiger partial charge >= 0.3 is 6.09 Å². The van der Waals surface area contributed by atoms with Gasteiger partial charge in [-0.25, -0.2) is 14.5 Å². The number of carbonyl (C=O) groups excluding carboxylic acids is 1. The average molecular weight is 405 g/mol. The van der Waals surface area contributed by atoms with Crippen molar-refractivity contribution in [3.05, 3.63) is 53.7 Å². The lowest BCUT2D eigenvalue weighted by molar-refractivity contribution is 0.129. The lowest BCUT2D eigenvalue weighted by Crippen LogP contribution is -2.15. The van der Waals surface area contributed by atoms with Gasteiger partial charge in [-0.15, -0.1) is 17.4 Å². The van der Waals surface area contributed by atoms with Crippen molar-refractivity contribution in [3.63, 3.8) is 0 Å². The molecule has 0 saturated heterocycles. The van der Waals surface area contributed by atoms with E-state index in [0.717, 1.165) is 11.1 Å². The highest BCUT2D eigenvalue weighted by Gasteiger charge is 2.06. The number of aryl methyl sites for hydroxylation is 1. The lowest BCUT2D eigenvalue weighted by atomic mass is 10.1. The summed E-state index contributed by atoms with van der Waals surface area (Å²) in [7, 11) is 1.78. The maximum Gasteiger partial charge on any atom is 0.412 e. The Bertz CT molecular complexity index is 1050. The summed E-state index contributed by atoms with van der Waals surface area (Å²) in [5.74, 6) is 3.41. The smallest absolute Gasteiger partial charge is 0.412 e. The number of hydrogen-bond donors (Lipinski definition) is 1. The van der Waals surface area contributed by atoms with Gasteiger partial charge in [0, 0.05) is 19.0 Å². The fourth-order valence-electron chi connectivity index (χ4n) is 2.37. The number of benzene rings is 1. The normalized spacial score (nSPS) is 10.5. The van der Waals surface area contributed by atoms with Crippen molar-refractivity contribution >= 4 is 18.1 Å². The van der Waals surface area contributed by atoms with E-state index in [0.29, 0.717) is 23.8 Å². The van der Waals surface area contributed by atoms with Crippen LogP contribution in [0.3, 0.4) is 0 Å². The van der Waals surface area contributed by atoms with E-state index >= 15 is 0 Å². The van der Waals surface area contributed by atoms with Crippen molar-refractivity contribution in [3.8, 4) is 23.7 Å².